The fourth-order valence-electron chi connectivity index (χ4n) is 2.24. The van der Waals surface area contributed by atoms with Gasteiger partial charge in [-0.2, -0.15) is 0 Å². The molecule has 2 N–H and O–H groups in total. The Bertz CT molecular complexity index is 444. The van der Waals surface area contributed by atoms with Gasteiger partial charge in [0.25, 0.3) is 0 Å². The first-order chi connectivity index (χ1) is 9.41. The van der Waals surface area contributed by atoms with Crippen LogP contribution >= 0.6 is 0 Å². The summed E-state index contributed by atoms with van der Waals surface area (Å²) in [6.45, 7) is 4.32. The molecule has 110 valence electrons. The molecule has 1 aromatic carbocycles. The first-order valence-electron chi connectivity index (χ1n) is 6.64. The molecule has 1 rings (SSSR count). The summed E-state index contributed by atoms with van der Waals surface area (Å²) < 4.78 is 0. The molecule has 1 unspecified atom stereocenters. The number of hydrogen-bond acceptors (Lipinski definition) is 3. The molecule has 0 aliphatic carbocycles. The summed E-state index contributed by atoms with van der Waals surface area (Å²) in [7, 11) is 0. The highest BCUT2D eigenvalue weighted by Crippen LogP contribution is 2.16. The molecule has 1 atom stereocenters. The Labute approximate surface area is 118 Å². The highest BCUT2D eigenvalue weighted by atomic mass is 16.4. The van der Waals surface area contributed by atoms with E-state index < -0.39 is 18.0 Å². The van der Waals surface area contributed by atoms with Gasteiger partial charge in [-0.1, -0.05) is 44.2 Å². The van der Waals surface area contributed by atoms with Crippen molar-refractivity contribution in [3.8, 4) is 0 Å². The first kappa shape index (κ1) is 16.2. The van der Waals surface area contributed by atoms with Crippen LogP contribution in [0.3, 0.4) is 0 Å². The third kappa shape index (κ3) is 5.01. The molecule has 0 amide bonds. The Balaban J connectivity index is 2.88. The second-order valence-corrected chi connectivity index (χ2v) is 5.13. The third-order valence-corrected chi connectivity index (χ3v) is 3.12. The standard InChI is InChI=1S/C15H21NO4/c1-11(2)14(15(19)20)16(9-8-13(17)18)10-12-6-4-3-5-7-12/h3-7,11,14H,8-10H2,1-2H3,(H,17,18)(H,19,20). The summed E-state index contributed by atoms with van der Waals surface area (Å²) in [6, 6.07) is 8.79. The molecule has 0 radical (unpaired) electrons. The lowest BCUT2D eigenvalue weighted by Crippen LogP contribution is -2.45. The number of carbonyl (C=O) groups is 2. The SMILES string of the molecule is CC(C)C(C(=O)O)N(CCC(=O)O)Cc1ccccc1. The van der Waals surface area contributed by atoms with E-state index in [4.69, 9.17) is 5.11 Å². The molecular weight excluding hydrogens is 258 g/mol. The molecule has 0 saturated carbocycles. The molecule has 0 saturated heterocycles. The predicted octanol–water partition coefficient (Wildman–Crippen LogP) is 2.07. The average Bonchev–Trinajstić information content (AvgIpc) is 2.36. The Morgan fingerprint density at radius 2 is 1.75 bits per heavy atom. The van der Waals surface area contributed by atoms with E-state index in [0.717, 1.165) is 5.56 Å². The van der Waals surface area contributed by atoms with Gasteiger partial charge in [-0.25, -0.2) is 0 Å². The van der Waals surface area contributed by atoms with Gasteiger partial charge in [0.1, 0.15) is 6.04 Å². The second-order valence-electron chi connectivity index (χ2n) is 5.13. The zero-order chi connectivity index (χ0) is 15.1. The van der Waals surface area contributed by atoms with Crippen LogP contribution in [-0.2, 0) is 16.1 Å². The normalized spacial score (nSPS) is 12.6. The minimum Gasteiger partial charge on any atom is -0.481 e. The van der Waals surface area contributed by atoms with E-state index in [1.807, 2.05) is 44.2 Å². The second kappa shape index (κ2) is 7.65. The average molecular weight is 279 g/mol. The van der Waals surface area contributed by atoms with Crippen molar-refractivity contribution in [2.24, 2.45) is 5.92 Å². The maximum absolute atomic E-state index is 11.4. The maximum atomic E-state index is 11.4. The van der Waals surface area contributed by atoms with Gasteiger partial charge in [-0.05, 0) is 11.5 Å². The minimum absolute atomic E-state index is 0.0661. The van der Waals surface area contributed by atoms with Gasteiger partial charge in [0.05, 0.1) is 6.42 Å². The van der Waals surface area contributed by atoms with E-state index in [-0.39, 0.29) is 18.9 Å². The summed E-state index contributed by atoms with van der Waals surface area (Å²) in [5.41, 5.74) is 0.977. The van der Waals surface area contributed by atoms with Crippen LogP contribution in [0.1, 0.15) is 25.8 Å². The maximum Gasteiger partial charge on any atom is 0.321 e. The number of benzene rings is 1. The van der Waals surface area contributed by atoms with Gasteiger partial charge in [-0.3, -0.25) is 14.5 Å². The lowest BCUT2D eigenvalue weighted by Gasteiger charge is -2.31. The number of nitrogens with zero attached hydrogens (tertiary/aromatic N) is 1. The van der Waals surface area contributed by atoms with E-state index in [2.05, 4.69) is 0 Å². The fourth-order valence-corrected chi connectivity index (χ4v) is 2.24. The van der Waals surface area contributed by atoms with Gasteiger partial charge in [0.15, 0.2) is 0 Å². The Kier molecular flexibility index (Phi) is 6.18. The van der Waals surface area contributed by atoms with Crippen molar-refractivity contribution in [3.05, 3.63) is 35.9 Å². The smallest absolute Gasteiger partial charge is 0.321 e. The Morgan fingerprint density at radius 3 is 2.20 bits per heavy atom. The molecule has 0 bridgehead atoms. The highest BCUT2D eigenvalue weighted by molar-refractivity contribution is 5.74. The Hall–Kier alpha value is -1.88. The van der Waals surface area contributed by atoms with Crippen molar-refractivity contribution in [2.45, 2.75) is 32.9 Å². The molecule has 20 heavy (non-hydrogen) atoms. The number of carboxylic acid groups (broad SMARTS) is 2. The topological polar surface area (TPSA) is 77.8 Å². The van der Waals surface area contributed by atoms with Crippen molar-refractivity contribution >= 4 is 11.9 Å². The monoisotopic (exact) mass is 279 g/mol. The Morgan fingerprint density at radius 1 is 1.15 bits per heavy atom. The highest BCUT2D eigenvalue weighted by Gasteiger charge is 2.28. The van der Waals surface area contributed by atoms with Crippen molar-refractivity contribution in [1.29, 1.82) is 0 Å². The minimum atomic E-state index is -0.920. The molecule has 0 spiro atoms. The molecule has 0 heterocycles. The summed E-state index contributed by atoms with van der Waals surface area (Å²) in [4.78, 5) is 23.9. The molecule has 5 heteroatoms. The van der Waals surface area contributed by atoms with Crippen molar-refractivity contribution < 1.29 is 19.8 Å². The molecule has 0 fully saturated rings. The van der Waals surface area contributed by atoms with Gasteiger partial charge in [0.2, 0.25) is 0 Å². The van der Waals surface area contributed by atoms with Gasteiger partial charge in [0, 0.05) is 13.1 Å². The predicted molar refractivity (Wildman–Crippen MR) is 75.4 cm³/mol. The van der Waals surface area contributed by atoms with Crippen LogP contribution in [-0.4, -0.2) is 39.6 Å². The van der Waals surface area contributed by atoms with Crippen molar-refractivity contribution in [2.75, 3.05) is 6.54 Å². The van der Waals surface area contributed by atoms with Crippen LogP contribution in [0, 0.1) is 5.92 Å². The molecule has 0 aliphatic heterocycles. The molecule has 1 aromatic rings. The summed E-state index contributed by atoms with van der Waals surface area (Å²) in [5.74, 6) is -1.93. The van der Waals surface area contributed by atoms with E-state index in [1.54, 1.807) is 4.90 Å². The van der Waals surface area contributed by atoms with Crippen LogP contribution in [0.25, 0.3) is 0 Å². The lowest BCUT2D eigenvalue weighted by molar-refractivity contribution is -0.147. The quantitative estimate of drug-likeness (QED) is 0.761. The summed E-state index contributed by atoms with van der Waals surface area (Å²) in [6.07, 6.45) is -0.0661. The summed E-state index contributed by atoms with van der Waals surface area (Å²) >= 11 is 0. The van der Waals surface area contributed by atoms with E-state index in [0.29, 0.717) is 6.54 Å². The van der Waals surface area contributed by atoms with Crippen molar-refractivity contribution in [1.82, 2.24) is 4.90 Å². The van der Waals surface area contributed by atoms with Crippen LogP contribution < -0.4 is 0 Å². The van der Waals surface area contributed by atoms with Gasteiger partial charge >= 0.3 is 11.9 Å². The lowest BCUT2D eigenvalue weighted by atomic mass is 10.0. The van der Waals surface area contributed by atoms with Crippen LogP contribution in [0.15, 0.2) is 30.3 Å². The third-order valence-electron chi connectivity index (χ3n) is 3.12. The van der Waals surface area contributed by atoms with E-state index in [9.17, 15) is 14.7 Å². The molecular formula is C15H21NO4. The van der Waals surface area contributed by atoms with E-state index >= 15 is 0 Å². The fraction of sp³-hybridized carbons (Fsp3) is 0.467. The summed E-state index contributed by atoms with van der Waals surface area (Å²) in [5, 5.41) is 18.2. The number of aliphatic carboxylic acids is 2. The first-order valence-corrected chi connectivity index (χ1v) is 6.64. The number of rotatable bonds is 8. The van der Waals surface area contributed by atoms with E-state index in [1.165, 1.54) is 0 Å². The van der Waals surface area contributed by atoms with Gasteiger partial charge in [-0.15, -0.1) is 0 Å². The molecule has 5 nitrogen and oxygen atoms in total. The number of carboxylic acids is 2. The molecule has 0 aliphatic rings. The zero-order valence-corrected chi connectivity index (χ0v) is 11.8. The molecule has 0 aromatic heterocycles. The van der Waals surface area contributed by atoms with Crippen LogP contribution in [0.4, 0.5) is 0 Å². The number of hydrogen-bond donors (Lipinski definition) is 2. The largest absolute Gasteiger partial charge is 0.481 e. The zero-order valence-electron chi connectivity index (χ0n) is 11.8. The van der Waals surface area contributed by atoms with Crippen LogP contribution in [0.5, 0.6) is 0 Å². The van der Waals surface area contributed by atoms with Crippen molar-refractivity contribution in [3.63, 3.8) is 0 Å². The van der Waals surface area contributed by atoms with Gasteiger partial charge < -0.3 is 10.2 Å². The van der Waals surface area contributed by atoms with Crippen LogP contribution in [0.2, 0.25) is 0 Å².